The monoisotopic (exact) mass is 245 g/mol. The third kappa shape index (κ3) is 2.77. The smallest absolute Gasteiger partial charge is 0.192 e. The molecule has 2 aromatic rings. The minimum absolute atomic E-state index is 0.770. The van der Waals surface area contributed by atoms with E-state index in [1.165, 1.54) is 0 Å². The highest BCUT2D eigenvalue weighted by Gasteiger charge is 2.05. The molecule has 0 aliphatic carbocycles. The number of benzene rings is 1. The summed E-state index contributed by atoms with van der Waals surface area (Å²) in [5, 5.41) is 0.787. The summed E-state index contributed by atoms with van der Waals surface area (Å²) in [6.45, 7) is 6.07. The minimum Gasteiger partial charge on any atom is -0.399 e. The molecule has 0 saturated carbocycles. The third-order valence-electron chi connectivity index (χ3n) is 2.70. The van der Waals surface area contributed by atoms with Gasteiger partial charge in [-0.05, 0) is 62.4 Å². The first-order chi connectivity index (χ1) is 8.06. The molecule has 1 heterocycles. The van der Waals surface area contributed by atoms with Crippen molar-refractivity contribution in [3.63, 3.8) is 0 Å². The normalized spacial score (nSPS) is 10.5. The number of anilines is 1. The maximum Gasteiger partial charge on any atom is 0.192 e. The van der Waals surface area contributed by atoms with Crippen molar-refractivity contribution in [1.29, 1.82) is 0 Å². The van der Waals surface area contributed by atoms with Crippen LogP contribution in [-0.4, -0.2) is 9.97 Å². The second kappa shape index (κ2) is 4.75. The summed E-state index contributed by atoms with van der Waals surface area (Å²) in [5.74, 6) is 0. The van der Waals surface area contributed by atoms with Gasteiger partial charge in [-0.15, -0.1) is 0 Å². The summed E-state index contributed by atoms with van der Waals surface area (Å²) < 4.78 is 0. The number of nitrogens with two attached hydrogens (primary N) is 1. The van der Waals surface area contributed by atoms with Gasteiger partial charge in [0, 0.05) is 22.0 Å². The second-order valence-electron chi connectivity index (χ2n) is 3.97. The molecular formula is C13H15N3S. The lowest BCUT2D eigenvalue weighted by Gasteiger charge is -2.06. The van der Waals surface area contributed by atoms with Gasteiger partial charge in [0.2, 0.25) is 0 Å². The maximum atomic E-state index is 5.65. The molecule has 0 radical (unpaired) electrons. The van der Waals surface area contributed by atoms with Crippen LogP contribution in [-0.2, 0) is 0 Å². The molecule has 0 spiro atoms. The molecular weight excluding hydrogens is 230 g/mol. The molecule has 0 aliphatic heterocycles. The Morgan fingerprint density at radius 1 is 0.941 bits per heavy atom. The zero-order valence-corrected chi connectivity index (χ0v) is 11.0. The summed E-state index contributed by atoms with van der Waals surface area (Å²) in [7, 11) is 0. The molecule has 88 valence electrons. The van der Waals surface area contributed by atoms with Crippen LogP contribution in [0.3, 0.4) is 0 Å². The van der Waals surface area contributed by atoms with E-state index in [4.69, 9.17) is 5.73 Å². The van der Waals surface area contributed by atoms with Crippen LogP contribution in [0.2, 0.25) is 0 Å². The zero-order valence-electron chi connectivity index (χ0n) is 10.2. The van der Waals surface area contributed by atoms with Crippen LogP contribution in [0.5, 0.6) is 0 Å². The average Bonchev–Trinajstić information content (AvgIpc) is 2.29. The molecule has 4 heteroatoms. The number of nitrogens with zero attached hydrogens (tertiary/aromatic N) is 2. The number of aromatic nitrogens is 2. The molecule has 0 amide bonds. The first-order valence-electron chi connectivity index (χ1n) is 5.41. The van der Waals surface area contributed by atoms with E-state index >= 15 is 0 Å². The quantitative estimate of drug-likeness (QED) is 0.652. The molecule has 2 N–H and O–H groups in total. The fourth-order valence-electron chi connectivity index (χ4n) is 1.43. The molecule has 1 aromatic heterocycles. The van der Waals surface area contributed by atoms with Crippen molar-refractivity contribution < 1.29 is 0 Å². The van der Waals surface area contributed by atoms with E-state index in [-0.39, 0.29) is 0 Å². The highest BCUT2D eigenvalue weighted by atomic mass is 32.2. The SMILES string of the molecule is Cc1nc(Sc2ccc(N)cc2)nc(C)c1C. The van der Waals surface area contributed by atoms with Gasteiger partial charge in [-0.3, -0.25) is 0 Å². The van der Waals surface area contributed by atoms with Gasteiger partial charge >= 0.3 is 0 Å². The molecule has 2 rings (SSSR count). The van der Waals surface area contributed by atoms with Crippen molar-refractivity contribution in [1.82, 2.24) is 9.97 Å². The van der Waals surface area contributed by atoms with Crippen molar-refractivity contribution in [2.45, 2.75) is 30.8 Å². The molecule has 0 bridgehead atoms. The molecule has 0 atom stereocenters. The third-order valence-corrected chi connectivity index (χ3v) is 3.57. The molecule has 0 aliphatic rings. The van der Waals surface area contributed by atoms with Crippen molar-refractivity contribution in [3.05, 3.63) is 41.2 Å². The summed E-state index contributed by atoms with van der Waals surface area (Å²) in [6, 6.07) is 7.73. The highest BCUT2D eigenvalue weighted by molar-refractivity contribution is 7.99. The predicted molar refractivity (Wildman–Crippen MR) is 71.2 cm³/mol. The van der Waals surface area contributed by atoms with Gasteiger partial charge in [0.05, 0.1) is 0 Å². The number of aryl methyl sites for hydroxylation is 2. The topological polar surface area (TPSA) is 51.8 Å². The van der Waals surface area contributed by atoms with Gasteiger partial charge in [-0.1, -0.05) is 0 Å². The first-order valence-corrected chi connectivity index (χ1v) is 6.23. The molecule has 3 nitrogen and oxygen atoms in total. The van der Waals surface area contributed by atoms with Crippen LogP contribution >= 0.6 is 11.8 Å². The lowest BCUT2D eigenvalue weighted by molar-refractivity contribution is 0.881. The van der Waals surface area contributed by atoms with E-state index in [1.54, 1.807) is 11.8 Å². The lowest BCUT2D eigenvalue weighted by atomic mass is 10.2. The molecule has 1 aromatic carbocycles. The van der Waals surface area contributed by atoms with Crippen molar-refractivity contribution in [3.8, 4) is 0 Å². The lowest BCUT2D eigenvalue weighted by Crippen LogP contribution is -1.97. The van der Waals surface area contributed by atoms with Crippen LogP contribution in [0, 0.1) is 20.8 Å². The van der Waals surface area contributed by atoms with Crippen LogP contribution in [0.1, 0.15) is 17.0 Å². The zero-order chi connectivity index (χ0) is 12.4. The Hall–Kier alpha value is -1.55. The van der Waals surface area contributed by atoms with Gasteiger partial charge in [0.25, 0.3) is 0 Å². The first kappa shape index (κ1) is 11.9. The van der Waals surface area contributed by atoms with Crippen molar-refractivity contribution >= 4 is 17.4 Å². The Balaban J connectivity index is 2.27. The van der Waals surface area contributed by atoms with Crippen molar-refractivity contribution in [2.24, 2.45) is 0 Å². The largest absolute Gasteiger partial charge is 0.399 e. The average molecular weight is 245 g/mol. The molecule has 0 unspecified atom stereocenters. The van der Waals surface area contributed by atoms with Crippen LogP contribution in [0.4, 0.5) is 5.69 Å². The summed E-state index contributed by atoms with van der Waals surface area (Å²) >= 11 is 1.56. The standard InChI is InChI=1S/C13H15N3S/c1-8-9(2)15-13(16-10(8)3)17-12-6-4-11(14)5-7-12/h4-7H,14H2,1-3H3. The van der Waals surface area contributed by atoms with Gasteiger partial charge in [-0.25, -0.2) is 9.97 Å². The Morgan fingerprint density at radius 2 is 1.47 bits per heavy atom. The minimum atomic E-state index is 0.770. The van der Waals surface area contributed by atoms with Crippen LogP contribution in [0.15, 0.2) is 34.3 Å². The van der Waals surface area contributed by atoms with E-state index < -0.39 is 0 Å². The van der Waals surface area contributed by atoms with Crippen LogP contribution < -0.4 is 5.73 Å². The van der Waals surface area contributed by atoms with E-state index in [2.05, 4.69) is 9.97 Å². The number of nitrogen functional groups attached to an aromatic ring is 1. The van der Waals surface area contributed by atoms with E-state index in [0.717, 1.165) is 32.7 Å². The van der Waals surface area contributed by atoms with E-state index in [1.807, 2.05) is 45.0 Å². The Labute approximate surface area is 105 Å². The fourth-order valence-corrected chi connectivity index (χ4v) is 2.28. The highest BCUT2D eigenvalue weighted by Crippen LogP contribution is 2.26. The number of hydrogen-bond acceptors (Lipinski definition) is 4. The molecule has 0 saturated heterocycles. The summed E-state index contributed by atoms with van der Waals surface area (Å²) in [5.41, 5.74) is 9.65. The maximum absolute atomic E-state index is 5.65. The molecule has 0 fully saturated rings. The van der Waals surface area contributed by atoms with E-state index in [9.17, 15) is 0 Å². The Kier molecular flexibility index (Phi) is 3.33. The van der Waals surface area contributed by atoms with E-state index in [0.29, 0.717) is 0 Å². The number of hydrogen-bond donors (Lipinski definition) is 1. The predicted octanol–water partition coefficient (Wildman–Crippen LogP) is 3.14. The fraction of sp³-hybridized carbons (Fsp3) is 0.231. The second-order valence-corrected chi connectivity index (χ2v) is 5.01. The van der Waals surface area contributed by atoms with Gasteiger partial charge < -0.3 is 5.73 Å². The Morgan fingerprint density at radius 3 is 2.00 bits per heavy atom. The van der Waals surface area contributed by atoms with Crippen LogP contribution in [0.25, 0.3) is 0 Å². The summed E-state index contributed by atoms with van der Waals surface area (Å²) in [4.78, 5) is 10.0. The summed E-state index contributed by atoms with van der Waals surface area (Å²) in [6.07, 6.45) is 0. The van der Waals surface area contributed by atoms with Gasteiger partial charge in [0.15, 0.2) is 5.16 Å². The van der Waals surface area contributed by atoms with Gasteiger partial charge in [-0.2, -0.15) is 0 Å². The Bertz CT molecular complexity index is 512. The van der Waals surface area contributed by atoms with Gasteiger partial charge in [0.1, 0.15) is 0 Å². The molecule has 17 heavy (non-hydrogen) atoms. The number of rotatable bonds is 2. The van der Waals surface area contributed by atoms with Crippen molar-refractivity contribution in [2.75, 3.05) is 5.73 Å².